The summed E-state index contributed by atoms with van der Waals surface area (Å²) in [4.78, 5) is 18.3. The average Bonchev–Trinajstić information content (AvgIpc) is 3.46. The molecule has 2 N–H and O–H groups in total. The van der Waals surface area contributed by atoms with Crippen molar-refractivity contribution in [3.63, 3.8) is 0 Å². The van der Waals surface area contributed by atoms with Gasteiger partial charge in [0.2, 0.25) is 0 Å². The number of anilines is 1. The molecular formula is C27H24N4O2S. The molecule has 2 aromatic heterocycles. The number of carboxylic acid groups (broad SMARTS) is 1. The van der Waals surface area contributed by atoms with Crippen molar-refractivity contribution in [1.82, 2.24) is 14.9 Å². The van der Waals surface area contributed by atoms with Crippen LogP contribution in [0.3, 0.4) is 0 Å². The number of hydrogen-bond acceptors (Lipinski definition) is 3. The van der Waals surface area contributed by atoms with Crippen molar-refractivity contribution in [3.8, 4) is 5.69 Å². The molecular weight excluding hydrogens is 444 g/mol. The van der Waals surface area contributed by atoms with Crippen molar-refractivity contribution in [3.05, 3.63) is 113 Å². The summed E-state index contributed by atoms with van der Waals surface area (Å²) < 4.78 is 2.02. The molecule has 0 amide bonds. The zero-order valence-electron chi connectivity index (χ0n) is 18.8. The van der Waals surface area contributed by atoms with E-state index in [1.807, 2.05) is 41.1 Å². The third-order valence-corrected chi connectivity index (χ3v) is 6.64. The minimum atomic E-state index is -0.956. The predicted molar refractivity (Wildman–Crippen MR) is 137 cm³/mol. The van der Waals surface area contributed by atoms with E-state index < -0.39 is 5.97 Å². The molecule has 0 aliphatic carbocycles. The first-order valence-electron chi connectivity index (χ1n) is 11.0. The Hall–Kier alpha value is -3.97. The zero-order valence-corrected chi connectivity index (χ0v) is 19.7. The third-order valence-electron chi connectivity index (χ3n) is 6.32. The molecule has 170 valence electrons. The highest BCUT2D eigenvalue weighted by atomic mass is 32.1. The molecule has 0 saturated carbocycles. The molecule has 0 bridgehead atoms. The van der Waals surface area contributed by atoms with Gasteiger partial charge in [-0.2, -0.15) is 0 Å². The van der Waals surface area contributed by atoms with Gasteiger partial charge in [0.05, 0.1) is 17.3 Å². The predicted octanol–water partition coefficient (Wildman–Crippen LogP) is 5.36. The second kappa shape index (κ2) is 8.76. The molecule has 7 heteroatoms. The van der Waals surface area contributed by atoms with E-state index in [0.29, 0.717) is 5.11 Å². The topological polar surface area (TPSA) is 70.4 Å². The smallest absolute Gasteiger partial charge is 0.335 e. The maximum absolute atomic E-state index is 11.6. The Morgan fingerprint density at radius 3 is 2.56 bits per heavy atom. The molecule has 1 saturated heterocycles. The first-order chi connectivity index (χ1) is 16.4. The number of aryl methyl sites for hydroxylation is 2. The largest absolute Gasteiger partial charge is 0.478 e. The number of thiocarbonyl (C=S) groups is 1. The zero-order chi connectivity index (χ0) is 23.8. The summed E-state index contributed by atoms with van der Waals surface area (Å²) >= 11 is 5.84. The van der Waals surface area contributed by atoms with E-state index in [-0.39, 0.29) is 17.6 Å². The van der Waals surface area contributed by atoms with E-state index in [1.54, 1.807) is 24.4 Å². The SMILES string of the molecule is Cc1ccc(N2C(=S)NC(c3ccccn3)C2c2cccn2-c2cccc(C(=O)O)c2)cc1C. The number of pyridine rings is 1. The van der Waals surface area contributed by atoms with Gasteiger partial charge in [0.1, 0.15) is 6.04 Å². The summed E-state index contributed by atoms with van der Waals surface area (Å²) in [6.45, 7) is 4.19. The maximum Gasteiger partial charge on any atom is 0.335 e. The molecule has 2 unspecified atom stereocenters. The Morgan fingerprint density at radius 1 is 0.971 bits per heavy atom. The highest BCUT2D eigenvalue weighted by Crippen LogP contribution is 2.42. The van der Waals surface area contributed by atoms with Gasteiger partial charge in [0.25, 0.3) is 0 Å². The number of rotatable bonds is 5. The quantitative estimate of drug-likeness (QED) is 0.384. The summed E-state index contributed by atoms with van der Waals surface area (Å²) in [5, 5.41) is 13.6. The highest BCUT2D eigenvalue weighted by molar-refractivity contribution is 7.80. The second-order valence-corrected chi connectivity index (χ2v) is 8.81. The molecule has 2 atom stereocenters. The molecule has 6 nitrogen and oxygen atoms in total. The van der Waals surface area contributed by atoms with Gasteiger partial charge in [-0.05, 0) is 91.8 Å². The van der Waals surface area contributed by atoms with Crippen molar-refractivity contribution in [2.45, 2.75) is 25.9 Å². The molecule has 34 heavy (non-hydrogen) atoms. The van der Waals surface area contributed by atoms with E-state index in [2.05, 4.69) is 53.3 Å². The summed E-state index contributed by atoms with van der Waals surface area (Å²) in [6, 6.07) is 22.8. The summed E-state index contributed by atoms with van der Waals surface area (Å²) in [5.41, 5.74) is 6.27. The summed E-state index contributed by atoms with van der Waals surface area (Å²) in [7, 11) is 0. The van der Waals surface area contributed by atoms with Crippen LogP contribution in [0.25, 0.3) is 5.69 Å². The van der Waals surface area contributed by atoms with Crippen LogP contribution < -0.4 is 10.2 Å². The Labute approximate surface area is 203 Å². The van der Waals surface area contributed by atoms with Gasteiger partial charge in [-0.3, -0.25) is 4.98 Å². The van der Waals surface area contributed by atoms with Crippen LogP contribution in [0, 0.1) is 13.8 Å². The Kier molecular flexibility index (Phi) is 5.63. The summed E-state index contributed by atoms with van der Waals surface area (Å²) in [5.74, 6) is -0.956. The number of aromatic carboxylic acids is 1. The summed E-state index contributed by atoms with van der Waals surface area (Å²) in [6.07, 6.45) is 3.73. The fraction of sp³-hybridized carbons (Fsp3) is 0.148. The lowest BCUT2D eigenvalue weighted by Gasteiger charge is -2.29. The van der Waals surface area contributed by atoms with Gasteiger partial charge >= 0.3 is 5.97 Å². The fourth-order valence-electron chi connectivity index (χ4n) is 4.47. The minimum absolute atomic E-state index is 0.188. The van der Waals surface area contributed by atoms with E-state index in [1.165, 1.54) is 11.1 Å². The number of nitrogens with zero attached hydrogens (tertiary/aromatic N) is 3. The lowest BCUT2D eigenvalue weighted by Crippen LogP contribution is -2.30. The number of carboxylic acids is 1. The number of aromatic nitrogens is 2. The van der Waals surface area contributed by atoms with Gasteiger partial charge < -0.3 is 19.9 Å². The Balaban J connectivity index is 1.67. The van der Waals surface area contributed by atoms with Crippen LogP contribution >= 0.6 is 12.2 Å². The van der Waals surface area contributed by atoms with Gasteiger partial charge in [0.15, 0.2) is 5.11 Å². The van der Waals surface area contributed by atoms with Crippen LogP contribution in [-0.4, -0.2) is 25.7 Å². The van der Waals surface area contributed by atoms with Gasteiger partial charge in [-0.15, -0.1) is 0 Å². The lowest BCUT2D eigenvalue weighted by atomic mass is 10.00. The normalized spacial score (nSPS) is 17.6. The van der Waals surface area contributed by atoms with Crippen molar-refractivity contribution < 1.29 is 9.90 Å². The standard InChI is InChI=1S/C27H24N4O2S/c1-17-11-12-21(15-18(17)2)31-25(24(29-27(31)34)22-9-3-4-13-28-22)23-10-6-14-30(23)20-8-5-7-19(16-20)26(32)33/h3-16,24-25H,1-2H3,(H,29,34)(H,32,33). The van der Waals surface area contributed by atoms with Gasteiger partial charge in [-0.1, -0.05) is 18.2 Å². The number of carbonyl (C=O) groups is 1. The van der Waals surface area contributed by atoms with Gasteiger partial charge in [0, 0.05) is 29.5 Å². The van der Waals surface area contributed by atoms with Crippen molar-refractivity contribution in [1.29, 1.82) is 0 Å². The van der Waals surface area contributed by atoms with Crippen LogP contribution in [0.15, 0.2) is 85.2 Å². The average molecular weight is 469 g/mol. The fourth-order valence-corrected chi connectivity index (χ4v) is 4.81. The van der Waals surface area contributed by atoms with Crippen molar-refractivity contribution in [2.24, 2.45) is 0 Å². The highest BCUT2D eigenvalue weighted by Gasteiger charge is 2.42. The van der Waals surface area contributed by atoms with E-state index in [4.69, 9.17) is 12.2 Å². The molecule has 3 heterocycles. The first-order valence-corrected chi connectivity index (χ1v) is 11.4. The minimum Gasteiger partial charge on any atom is -0.478 e. The molecule has 0 spiro atoms. The number of benzene rings is 2. The van der Waals surface area contributed by atoms with Crippen LogP contribution in [0.2, 0.25) is 0 Å². The molecule has 4 aromatic rings. The molecule has 5 rings (SSSR count). The molecule has 1 fully saturated rings. The second-order valence-electron chi connectivity index (χ2n) is 8.42. The van der Waals surface area contributed by atoms with Crippen LogP contribution in [0.4, 0.5) is 5.69 Å². The Bertz CT molecular complexity index is 1380. The van der Waals surface area contributed by atoms with E-state index >= 15 is 0 Å². The van der Waals surface area contributed by atoms with E-state index in [9.17, 15) is 9.90 Å². The van der Waals surface area contributed by atoms with Crippen LogP contribution in [0.5, 0.6) is 0 Å². The third kappa shape index (κ3) is 3.84. The number of nitrogens with one attached hydrogen (secondary N) is 1. The number of hydrogen-bond donors (Lipinski definition) is 2. The van der Waals surface area contributed by atoms with Gasteiger partial charge in [-0.25, -0.2) is 4.79 Å². The Morgan fingerprint density at radius 2 is 1.82 bits per heavy atom. The van der Waals surface area contributed by atoms with Crippen LogP contribution in [0.1, 0.15) is 45.0 Å². The maximum atomic E-state index is 11.6. The molecule has 1 aliphatic rings. The first kappa shape index (κ1) is 21.9. The lowest BCUT2D eigenvalue weighted by molar-refractivity contribution is 0.0697. The van der Waals surface area contributed by atoms with E-state index in [0.717, 1.165) is 22.8 Å². The molecule has 1 aliphatic heterocycles. The van der Waals surface area contributed by atoms with Crippen molar-refractivity contribution >= 4 is 29.0 Å². The van der Waals surface area contributed by atoms with Crippen molar-refractivity contribution in [2.75, 3.05) is 4.90 Å². The monoisotopic (exact) mass is 468 g/mol. The molecule has 0 radical (unpaired) electrons. The van der Waals surface area contributed by atoms with Crippen LogP contribution in [-0.2, 0) is 0 Å². The molecule has 2 aromatic carbocycles.